The van der Waals surface area contributed by atoms with Crippen LogP contribution in [-0.4, -0.2) is 23.3 Å². The first-order valence-corrected chi connectivity index (χ1v) is 11.0. The first-order chi connectivity index (χ1) is 16.3. The lowest BCUT2D eigenvalue weighted by molar-refractivity contribution is -0.137. The van der Waals surface area contributed by atoms with Crippen molar-refractivity contribution in [1.82, 2.24) is 10.2 Å². The second kappa shape index (κ2) is 9.59. The molecule has 0 fully saturated rings. The highest BCUT2D eigenvalue weighted by atomic mass is 19.4. The summed E-state index contributed by atoms with van der Waals surface area (Å²) in [6.07, 6.45) is -3.91. The second-order valence-electron chi connectivity index (χ2n) is 8.09. The maximum absolute atomic E-state index is 12.9. The topological polar surface area (TPSA) is 61.4 Å². The fourth-order valence-electron chi connectivity index (χ4n) is 4.02. The molecule has 3 aromatic rings. The van der Waals surface area contributed by atoms with E-state index in [0.717, 1.165) is 29.8 Å². The zero-order chi connectivity index (χ0) is 24.3. The van der Waals surface area contributed by atoms with Crippen LogP contribution >= 0.6 is 0 Å². The molecule has 2 N–H and O–H groups in total. The van der Waals surface area contributed by atoms with E-state index in [-0.39, 0.29) is 18.6 Å². The van der Waals surface area contributed by atoms with Gasteiger partial charge in [0.15, 0.2) is 0 Å². The summed E-state index contributed by atoms with van der Waals surface area (Å²) in [4.78, 5) is 27.1. The molecule has 0 unspecified atom stereocenters. The van der Waals surface area contributed by atoms with Crippen LogP contribution in [0.1, 0.15) is 56.9 Å². The Kier molecular flexibility index (Phi) is 6.58. The van der Waals surface area contributed by atoms with Crippen LogP contribution in [0.5, 0.6) is 0 Å². The van der Waals surface area contributed by atoms with Crippen molar-refractivity contribution in [2.45, 2.75) is 32.2 Å². The normalized spacial score (nSPS) is 15.2. The first-order valence-electron chi connectivity index (χ1n) is 11.0. The molecular formula is C26H24F3N3O2. The van der Waals surface area contributed by atoms with Crippen LogP contribution in [0.25, 0.3) is 0 Å². The maximum atomic E-state index is 12.9. The summed E-state index contributed by atoms with van der Waals surface area (Å²) in [6, 6.07) is 19.1. The fraction of sp³-hybridized carbons (Fsp3) is 0.231. The van der Waals surface area contributed by atoms with Gasteiger partial charge in [-0.3, -0.25) is 9.59 Å². The molecule has 0 bridgehead atoms. The third-order valence-electron chi connectivity index (χ3n) is 5.68. The average molecular weight is 467 g/mol. The predicted octanol–water partition coefficient (Wildman–Crippen LogP) is 5.61. The lowest BCUT2D eigenvalue weighted by Gasteiger charge is -2.26. The van der Waals surface area contributed by atoms with Gasteiger partial charge in [-0.1, -0.05) is 37.3 Å². The highest BCUT2D eigenvalue weighted by Crippen LogP contribution is 2.34. The van der Waals surface area contributed by atoms with Crippen molar-refractivity contribution in [2.24, 2.45) is 0 Å². The third kappa shape index (κ3) is 4.90. The molecule has 0 radical (unpaired) electrons. The number of carbonyl (C=O) groups is 2. The van der Waals surface area contributed by atoms with Crippen LogP contribution in [-0.2, 0) is 12.7 Å². The predicted molar refractivity (Wildman–Crippen MR) is 123 cm³/mol. The molecule has 1 atom stereocenters. The molecule has 5 nitrogen and oxygen atoms in total. The Labute approximate surface area is 195 Å². The van der Waals surface area contributed by atoms with Crippen molar-refractivity contribution in [3.63, 3.8) is 0 Å². The second-order valence-corrected chi connectivity index (χ2v) is 8.09. The van der Waals surface area contributed by atoms with Crippen molar-refractivity contribution in [3.8, 4) is 0 Å². The van der Waals surface area contributed by atoms with Gasteiger partial charge in [-0.25, -0.2) is 0 Å². The van der Waals surface area contributed by atoms with E-state index in [9.17, 15) is 22.8 Å². The van der Waals surface area contributed by atoms with Gasteiger partial charge in [0.2, 0.25) is 0 Å². The minimum absolute atomic E-state index is 0.0134. The van der Waals surface area contributed by atoms with Crippen molar-refractivity contribution in [2.75, 3.05) is 11.9 Å². The number of hydrogen-bond donors (Lipinski definition) is 2. The lowest BCUT2D eigenvalue weighted by atomic mass is 10.1. The molecule has 0 saturated heterocycles. The van der Waals surface area contributed by atoms with Crippen LogP contribution in [0.3, 0.4) is 0 Å². The molecule has 4 rings (SSSR count). The Hall–Kier alpha value is -3.81. The van der Waals surface area contributed by atoms with Gasteiger partial charge >= 0.3 is 6.18 Å². The van der Waals surface area contributed by atoms with Crippen molar-refractivity contribution in [1.29, 1.82) is 0 Å². The summed E-state index contributed by atoms with van der Waals surface area (Å²) in [5.41, 5.74) is 2.32. The number of benzene rings is 3. The van der Waals surface area contributed by atoms with Gasteiger partial charge < -0.3 is 15.5 Å². The van der Waals surface area contributed by atoms with Crippen LogP contribution in [0, 0.1) is 0 Å². The minimum Gasteiger partial charge on any atom is -0.361 e. The largest absolute Gasteiger partial charge is 0.416 e. The summed E-state index contributed by atoms with van der Waals surface area (Å²) in [6.45, 7) is 2.61. The minimum atomic E-state index is -4.43. The number of amides is 2. The number of halogens is 3. The number of nitrogens with one attached hydrogen (secondary N) is 2. The maximum Gasteiger partial charge on any atom is 0.416 e. The number of carbonyl (C=O) groups excluding carboxylic acids is 2. The number of hydrogen-bond acceptors (Lipinski definition) is 3. The zero-order valence-electron chi connectivity index (χ0n) is 18.5. The van der Waals surface area contributed by atoms with E-state index >= 15 is 0 Å². The van der Waals surface area contributed by atoms with Gasteiger partial charge in [-0.15, -0.1) is 0 Å². The standard InChI is InChI=1S/C26H24F3N3O2/c1-2-14-32-23(21-8-3-4-9-22(21)25(32)34)31-20-12-10-18(11-13-20)24(33)30-16-17-6-5-7-19(15-17)26(27,28)29/h3-13,15,23,31H,2,14,16H2,1H3,(H,30,33)/t23-/m1/s1. The van der Waals surface area contributed by atoms with Gasteiger partial charge in [0.25, 0.3) is 11.8 Å². The average Bonchev–Trinajstić information content (AvgIpc) is 3.09. The molecule has 176 valence electrons. The SMILES string of the molecule is CCCN1C(=O)c2ccccc2[C@@H]1Nc1ccc(C(=O)NCc2cccc(C(F)(F)F)c2)cc1. The van der Waals surface area contributed by atoms with Crippen molar-refractivity contribution in [3.05, 3.63) is 101 Å². The van der Waals surface area contributed by atoms with E-state index in [1.165, 1.54) is 12.1 Å². The Morgan fingerprint density at radius 1 is 1.00 bits per heavy atom. The molecule has 0 spiro atoms. The van der Waals surface area contributed by atoms with E-state index in [1.807, 2.05) is 31.2 Å². The number of nitrogens with zero attached hydrogens (tertiary/aromatic N) is 1. The van der Waals surface area contributed by atoms with Crippen molar-refractivity contribution < 1.29 is 22.8 Å². The molecule has 34 heavy (non-hydrogen) atoms. The van der Waals surface area contributed by atoms with E-state index in [4.69, 9.17) is 0 Å². The molecular weight excluding hydrogens is 443 g/mol. The fourth-order valence-corrected chi connectivity index (χ4v) is 4.02. The summed E-state index contributed by atoms with van der Waals surface area (Å²) >= 11 is 0. The number of anilines is 1. The number of alkyl halides is 3. The van der Waals surface area contributed by atoms with Gasteiger partial charge in [0.1, 0.15) is 6.17 Å². The van der Waals surface area contributed by atoms with Gasteiger partial charge in [0, 0.05) is 35.5 Å². The summed E-state index contributed by atoms with van der Waals surface area (Å²) < 4.78 is 38.6. The number of fused-ring (bicyclic) bond motifs is 1. The third-order valence-corrected chi connectivity index (χ3v) is 5.68. The van der Waals surface area contributed by atoms with Crippen LogP contribution in [0.15, 0.2) is 72.8 Å². The molecule has 0 aliphatic carbocycles. The highest BCUT2D eigenvalue weighted by molar-refractivity contribution is 5.99. The molecule has 3 aromatic carbocycles. The van der Waals surface area contributed by atoms with Gasteiger partial charge in [-0.2, -0.15) is 13.2 Å². The van der Waals surface area contributed by atoms with Crippen LogP contribution in [0.2, 0.25) is 0 Å². The van der Waals surface area contributed by atoms with E-state index in [1.54, 1.807) is 29.2 Å². The quantitative estimate of drug-likeness (QED) is 0.475. The smallest absolute Gasteiger partial charge is 0.361 e. The summed E-state index contributed by atoms with van der Waals surface area (Å²) in [7, 11) is 0. The highest BCUT2D eigenvalue weighted by Gasteiger charge is 2.35. The van der Waals surface area contributed by atoms with Gasteiger partial charge in [0.05, 0.1) is 5.56 Å². The Morgan fingerprint density at radius 3 is 2.44 bits per heavy atom. The molecule has 1 aliphatic rings. The molecule has 8 heteroatoms. The van der Waals surface area contributed by atoms with Crippen molar-refractivity contribution >= 4 is 17.5 Å². The monoisotopic (exact) mass is 467 g/mol. The Morgan fingerprint density at radius 2 is 1.74 bits per heavy atom. The molecule has 0 saturated carbocycles. The zero-order valence-corrected chi connectivity index (χ0v) is 18.5. The Balaban J connectivity index is 1.42. The van der Waals surface area contributed by atoms with E-state index < -0.39 is 17.6 Å². The summed E-state index contributed by atoms with van der Waals surface area (Å²) in [5, 5.41) is 6.02. The van der Waals surface area contributed by atoms with Crippen LogP contribution < -0.4 is 10.6 Å². The van der Waals surface area contributed by atoms with Crippen LogP contribution in [0.4, 0.5) is 18.9 Å². The Bertz CT molecular complexity index is 1190. The lowest BCUT2D eigenvalue weighted by Crippen LogP contribution is -2.33. The first kappa shape index (κ1) is 23.4. The van der Waals surface area contributed by atoms with Gasteiger partial charge in [-0.05, 0) is 54.4 Å². The molecule has 1 heterocycles. The van der Waals surface area contributed by atoms with E-state index in [0.29, 0.717) is 23.2 Å². The van der Waals surface area contributed by atoms with E-state index in [2.05, 4.69) is 10.6 Å². The summed E-state index contributed by atoms with van der Waals surface area (Å²) in [5.74, 6) is -0.404. The number of rotatable bonds is 7. The molecule has 2 amide bonds. The molecule has 1 aliphatic heterocycles. The molecule has 0 aromatic heterocycles.